The van der Waals surface area contributed by atoms with Crippen LogP contribution in [0.15, 0.2) is 67.3 Å². The second kappa shape index (κ2) is 7.26. The molecule has 2 aromatic carbocycles. The van der Waals surface area contributed by atoms with Crippen molar-refractivity contribution in [1.82, 2.24) is 9.97 Å². The first-order chi connectivity index (χ1) is 11.3. The second-order valence-corrected chi connectivity index (χ2v) is 4.88. The molecule has 1 heterocycles. The highest BCUT2D eigenvalue weighted by atomic mass is 16.5. The van der Waals surface area contributed by atoms with E-state index in [9.17, 15) is 0 Å². The lowest BCUT2D eigenvalue weighted by atomic mass is 10.2. The van der Waals surface area contributed by atoms with E-state index in [1.807, 2.05) is 48.5 Å². The molecule has 0 spiro atoms. The molecule has 116 valence electrons. The first kappa shape index (κ1) is 14.8. The molecule has 0 aliphatic rings. The molecule has 0 aliphatic carbocycles. The summed E-state index contributed by atoms with van der Waals surface area (Å²) in [6.07, 6.45) is 5.09. The number of hydrogen-bond acceptors (Lipinski definition) is 5. The van der Waals surface area contributed by atoms with Gasteiger partial charge in [0, 0.05) is 36.3 Å². The van der Waals surface area contributed by atoms with Crippen molar-refractivity contribution < 1.29 is 9.47 Å². The lowest BCUT2D eigenvalue weighted by molar-refractivity contribution is 0.379. The Bertz CT molecular complexity index is 763. The zero-order chi connectivity index (χ0) is 15.9. The van der Waals surface area contributed by atoms with Crippen molar-refractivity contribution in [2.45, 2.75) is 6.54 Å². The van der Waals surface area contributed by atoms with Gasteiger partial charge in [0.1, 0.15) is 12.1 Å². The van der Waals surface area contributed by atoms with E-state index < -0.39 is 0 Å². The van der Waals surface area contributed by atoms with E-state index in [-0.39, 0.29) is 0 Å². The van der Waals surface area contributed by atoms with Gasteiger partial charge in [0.05, 0.1) is 7.11 Å². The van der Waals surface area contributed by atoms with Gasteiger partial charge in [-0.2, -0.15) is 0 Å². The summed E-state index contributed by atoms with van der Waals surface area (Å²) >= 11 is 0. The van der Waals surface area contributed by atoms with Crippen LogP contribution in [-0.4, -0.2) is 17.1 Å². The van der Waals surface area contributed by atoms with Crippen LogP contribution in [-0.2, 0) is 6.54 Å². The molecule has 0 radical (unpaired) electrons. The normalized spacial score (nSPS) is 10.1. The van der Waals surface area contributed by atoms with E-state index in [4.69, 9.17) is 9.47 Å². The van der Waals surface area contributed by atoms with E-state index >= 15 is 0 Å². The van der Waals surface area contributed by atoms with Crippen LogP contribution >= 0.6 is 0 Å². The fourth-order valence-electron chi connectivity index (χ4n) is 2.13. The molecule has 0 fully saturated rings. The zero-order valence-electron chi connectivity index (χ0n) is 12.8. The summed E-state index contributed by atoms with van der Waals surface area (Å²) in [5.74, 6) is 2.12. The van der Waals surface area contributed by atoms with Gasteiger partial charge in [-0.1, -0.05) is 18.2 Å². The van der Waals surface area contributed by atoms with Gasteiger partial charge in [0.25, 0.3) is 0 Å². The number of aromatic nitrogens is 2. The van der Waals surface area contributed by atoms with E-state index in [2.05, 4.69) is 15.3 Å². The Balaban J connectivity index is 1.70. The molecule has 0 unspecified atom stereocenters. The lowest BCUT2D eigenvalue weighted by Gasteiger charge is -2.11. The van der Waals surface area contributed by atoms with Crippen LogP contribution in [0.25, 0.3) is 0 Å². The fraction of sp³-hybridized carbons (Fsp3) is 0.111. The number of ether oxygens (including phenoxy) is 2. The molecule has 1 N–H and O–H groups in total. The summed E-state index contributed by atoms with van der Waals surface area (Å²) in [5, 5.41) is 3.32. The van der Waals surface area contributed by atoms with Crippen LogP contribution in [0.3, 0.4) is 0 Å². The van der Waals surface area contributed by atoms with Gasteiger partial charge in [0.2, 0.25) is 0 Å². The van der Waals surface area contributed by atoms with Crippen molar-refractivity contribution in [2.75, 3.05) is 12.4 Å². The fourth-order valence-corrected chi connectivity index (χ4v) is 2.13. The number of hydrogen-bond donors (Lipinski definition) is 1. The van der Waals surface area contributed by atoms with Gasteiger partial charge in [-0.15, -0.1) is 0 Å². The summed E-state index contributed by atoms with van der Waals surface area (Å²) < 4.78 is 11.2. The Morgan fingerprint density at radius 1 is 0.957 bits per heavy atom. The topological polar surface area (TPSA) is 56.3 Å². The Morgan fingerprint density at radius 2 is 1.74 bits per heavy atom. The molecule has 0 atom stereocenters. The van der Waals surface area contributed by atoms with Crippen LogP contribution in [0, 0.1) is 0 Å². The smallest absolute Gasteiger partial charge is 0.169 e. The molecular weight excluding hydrogens is 290 g/mol. The SMILES string of the molecule is COc1ccccc1Oc1cccc(NCc2cncnc2)c1. The molecule has 0 aliphatic heterocycles. The minimum atomic E-state index is 0.652. The van der Waals surface area contributed by atoms with Crippen molar-refractivity contribution in [3.63, 3.8) is 0 Å². The minimum absolute atomic E-state index is 0.652. The maximum Gasteiger partial charge on any atom is 0.169 e. The Kier molecular flexibility index (Phi) is 4.69. The Hall–Kier alpha value is -3.08. The molecule has 0 saturated heterocycles. The first-order valence-electron chi connectivity index (χ1n) is 7.24. The third kappa shape index (κ3) is 3.97. The van der Waals surface area contributed by atoms with Crippen molar-refractivity contribution in [2.24, 2.45) is 0 Å². The molecule has 5 heteroatoms. The number of methoxy groups -OCH3 is 1. The van der Waals surface area contributed by atoms with Crippen molar-refractivity contribution in [3.8, 4) is 17.2 Å². The largest absolute Gasteiger partial charge is 0.493 e. The molecule has 1 aromatic heterocycles. The van der Waals surface area contributed by atoms with Crippen LogP contribution in [0.2, 0.25) is 0 Å². The maximum atomic E-state index is 5.90. The predicted octanol–water partition coefficient (Wildman–Crippen LogP) is 3.89. The third-order valence-corrected chi connectivity index (χ3v) is 3.24. The quantitative estimate of drug-likeness (QED) is 0.748. The number of nitrogens with zero attached hydrogens (tertiary/aromatic N) is 2. The summed E-state index contributed by atoms with van der Waals surface area (Å²) in [7, 11) is 1.63. The summed E-state index contributed by atoms with van der Waals surface area (Å²) in [6, 6.07) is 15.3. The highest BCUT2D eigenvalue weighted by molar-refractivity contribution is 5.50. The molecule has 5 nitrogen and oxygen atoms in total. The number of nitrogens with one attached hydrogen (secondary N) is 1. The molecule has 3 aromatic rings. The predicted molar refractivity (Wildman–Crippen MR) is 88.9 cm³/mol. The van der Waals surface area contributed by atoms with E-state index in [0.29, 0.717) is 18.0 Å². The van der Waals surface area contributed by atoms with Gasteiger partial charge in [-0.25, -0.2) is 9.97 Å². The van der Waals surface area contributed by atoms with Gasteiger partial charge in [-0.05, 0) is 24.3 Å². The number of para-hydroxylation sites is 2. The molecule has 0 saturated carbocycles. The monoisotopic (exact) mass is 307 g/mol. The van der Waals surface area contributed by atoms with E-state index in [1.54, 1.807) is 19.5 Å². The molecule has 23 heavy (non-hydrogen) atoms. The minimum Gasteiger partial charge on any atom is -0.493 e. The summed E-state index contributed by atoms with van der Waals surface area (Å²) in [5.41, 5.74) is 1.98. The molecule has 0 bridgehead atoms. The number of anilines is 1. The van der Waals surface area contributed by atoms with E-state index in [0.717, 1.165) is 17.0 Å². The van der Waals surface area contributed by atoms with Gasteiger partial charge in [0.15, 0.2) is 11.5 Å². The second-order valence-electron chi connectivity index (χ2n) is 4.88. The Labute approximate surface area is 134 Å². The van der Waals surface area contributed by atoms with E-state index in [1.165, 1.54) is 6.33 Å². The number of benzene rings is 2. The average molecular weight is 307 g/mol. The standard InChI is InChI=1S/C18H17N3O2/c1-22-17-7-2-3-8-18(17)23-16-6-4-5-15(9-16)21-12-14-10-19-13-20-11-14/h2-11,13,21H,12H2,1H3. The average Bonchev–Trinajstić information content (AvgIpc) is 2.62. The molecular formula is C18H17N3O2. The Morgan fingerprint density at radius 3 is 2.52 bits per heavy atom. The summed E-state index contributed by atoms with van der Waals surface area (Å²) in [4.78, 5) is 8.00. The van der Waals surface area contributed by atoms with Crippen molar-refractivity contribution in [1.29, 1.82) is 0 Å². The van der Waals surface area contributed by atoms with Crippen molar-refractivity contribution in [3.05, 3.63) is 72.8 Å². The lowest BCUT2D eigenvalue weighted by Crippen LogP contribution is -2.00. The highest BCUT2D eigenvalue weighted by Gasteiger charge is 2.05. The summed E-state index contributed by atoms with van der Waals surface area (Å²) in [6.45, 7) is 0.652. The van der Waals surface area contributed by atoms with Crippen LogP contribution < -0.4 is 14.8 Å². The van der Waals surface area contributed by atoms with Crippen LogP contribution in [0.1, 0.15) is 5.56 Å². The van der Waals surface area contributed by atoms with Crippen LogP contribution in [0.5, 0.6) is 17.2 Å². The third-order valence-electron chi connectivity index (χ3n) is 3.24. The van der Waals surface area contributed by atoms with Gasteiger partial charge >= 0.3 is 0 Å². The van der Waals surface area contributed by atoms with Crippen molar-refractivity contribution >= 4 is 5.69 Å². The first-order valence-corrected chi connectivity index (χ1v) is 7.24. The van der Waals surface area contributed by atoms with Gasteiger partial charge < -0.3 is 14.8 Å². The molecule has 3 rings (SSSR count). The van der Waals surface area contributed by atoms with Crippen LogP contribution in [0.4, 0.5) is 5.69 Å². The number of rotatable bonds is 6. The highest BCUT2D eigenvalue weighted by Crippen LogP contribution is 2.31. The molecule has 0 amide bonds. The maximum absolute atomic E-state index is 5.90. The van der Waals surface area contributed by atoms with Gasteiger partial charge in [-0.3, -0.25) is 0 Å². The zero-order valence-corrected chi connectivity index (χ0v) is 12.8.